The van der Waals surface area contributed by atoms with Gasteiger partial charge in [-0.2, -0.15) is 0 Å². The van der Waals surface area contributed by atoms with Gasteiger partial charge in [-0.05, 0) is 56.1 Å². The lowest BCUT2D eigenvalue weighted by molar-refractivity contribution is -0.121. The van der Waals surface area contributed by atoms with Crippen molar-refractivity contribution < 1.29 is 9.59 Å². The molecule has 0 saturated heterocycles. The summed E-state index contributed by atoms with van der Waals surface area (Å²) in [6.07, 6.45) is 3.82. The van der Waals surface area contributed by atoms with Crippen LogP contribution in [0.4, 0.5) is 0 Å². The van der Waals surface area contributed by atoms with Gasteiger partial charge in [0.25, 0.3) is 0 Å². The number of carbonyl (C=O) groups is 2. The molecule has 0 fully saturated rings. The van der Waals surface area contributed by atoms with Gasteiger partial charge in [0.1, 0.15) is 0 Å². The third-order valence-electron chi connectivity index (χ3n) is 5.30. The van der Waals surface area contributed by atoms with Crippen molar-refractivity contribution in [2.45, 2.75) is 38.1 Å². The topological polar surface area (TPSA) is 49.4 Å². The fourth-order valence-corrected chi connectivity index (χ4v) is 3.69. The maximum Gasteiger partial charge on any atom is 0.220 e. The lowest BCUT2D eigenvalue weighted by Gasteiger charge is -2.25. The molecule has 0 radical (unpaired) electrons. The molecule has 0 aliphatic heterocycles. The summed E-state index contributed by atoms with van der Waals surface area (Å²) in [4.78, 5) is 26.8. The molecule has 3 rings (SSSR count). The van der Waals surface area contributed by atoms with Crippen molar-refractivity contribution in [1.82, 2.24) is 10.2 Å². The highest BCUT2D eigenvalue weighted by molar-refractivity contribution is 5.98. The average Bonchev–Trinajstić information content (AvgIpc) is 3.14. The number of benzene rings is 2. The molecule has 0 unspecified atom stereocenters. The molecule has 142 valence electrons. The number of likely N-dealkylation sites (N-methyl/N-ethyl adjacent to an activating group) is 1. The molecule has 1 aliphatic carbocycles. The average molecular weight is 364 g/mol. The van der Waals surface area contributed by atoms with E-state index in [1.807, 2.05) is 44.4 Å². The SMILES string of the molecule is CN(C)[C@@H](CNC(=O)CCC(=O)c1ccc2c(c1)CCC2)c1ccccc1. The highest BCUT2D eigenvalue weighted by Gasteiger charge is 2.17. The van der Waals surface area contributed by atoms with E-state index in [2.05, 4.69) is 28.4 Å². The number of nitrogens with one attached hydrogen (secondary N) is 1. The third kappa shape index (κ3) is 5.04. The van der Waals surface area contributed by atoms with Gasteiger partial charge in [0.2, 0.25) is 5.91 Å². The zero-order valence-electron chi connectivity index (χ0n) is 16.2. The first kappa shape index (κ1) is 19.3. The van der Waals surface area contributed by atoms with Crippen LogP contribution in [-0.2, 0) is 17.6 Å². The highest BCUT2D eigenvalue weighted by Crippen LogP contribution is 2.23. The minimum Gasteiger partial charge on any atom is -0.354 e. The normalized spacial score (nSPS) is 14.0. The van der Waals surface area contributed by atoms with E-state index in [0.29, 0.717) is 6.54 Å². The number of fused-ring (bicyclic) bond motifs is 1. The lowest BCUT2D eigenvalue weighted by atomic mass is 10.0. The maximum atomic E-state index is 12.4. The number of amides is 1. The summed E-state index contributed by atoms with van der Waals surface area (Å²) in [5.41, 5.74) is 4.55. The van der Waals surface area contributed by atoms with Crippen molar-refractivity contribution in [3.05, 3.63) is 70.8 Å². The zero-order chi connectivity index (χ0) is 19.2. The maximum absolute atomic E-state index is 12.4. The monoisotopic (exact) mass is 364 g/mol. The molecule has 2 aromatic rings. The second kappa shape index (κ2) is 8.96. The number of carbonyl (C=O) groups excluding carboxylic acids is 2. The van der Waals surface area contributed by atoms with Crippen molar-refractivity contribution in [3.63, 3.8) is 0 Å². The van der Waals surface area contributed by atoms with Crippen molar-refractivity contribution >= 4 is 11.7 Å². The van der Waals surface area contributed by atoms with E-state index in [1.54, 1.807) is 0 Å². The van der Waals surface area contributed by atoms with Crippen molar-refractivity contribution in [3.8, 4) is 0 Å². The first-order valence-electron chi connectivity index (χ1n) is 9.67. The van der Waals surface area contributed by atoms with Gasteiger partial charge in [0.05, 0.1) is 6.04 Å². The first-order valence-corrected chi connectivity index (χ1v) is 9.67. The Morgan fingerprint density at radius 2 is 1.74 bits per heavy atom. The number of hydrogen-bond donors (Lipinski definition) is 1. The number of ketones is 1. The zero-order valence-corrected chi connectivity index (χ0v) is 16.2. The van der Waals surface area contributed by atoms with Gasteiger partial charge in [-0.3, -0.25) is 9.59 Å². The van der Waals surface area contributed by atoms with Gasteiger partial charge >= 0.3 is 0 Å². The Morgan fingerprint density at radius 1 is 1.00 bits per heavy atom. The Balaban J connectivity index is 1.49. The molecule has 1 amide bonds. The standard InChI is InChI=1S/C23H28N2O2/c1-25(2)21(18-7-4-3-5-8-18)16-24-23(27)14-13-22(26)20-12-11-17-9-6-10-19(17)15-20/h3-5,7-8,11-12,15,21H,6,9-10,13-14,16H2,1-2H3,(H,24,27)/t21-/m0/s1. The van der Waals surface area contributed by atoms with Crippen LogP contribution in [0.15, 0.2) is 48.5 Å². The van der Waals surface area contributed by atoms with Crippen LogP contribution < -0.4 is 5.32 Å². The molecule has 1 atom stereocenters. The number of aryl methyl sites for hydroxylation is 2. The molecule has 0 aromatic heterocycles. The van der Waals surface area contributed by atoms with Crippen LogP contribution in [0.25, 0.3) is 0 Å². The number of Topliss-reactive ketones (excluding diaryl/α,β-unsaturated/α-hetero) is 1. The Bertz CT molecular complexity index is 799. The summed E-state index contributed by atoms with van der Waals surface area (Å²) >= 11 is 0. The van der Waals surface area contributed by atoms with E-state index in [9.17, 15) is 9.59 Å². The summed E-state index contributed by atoms with van der Waals surface area (Å²) in [6, 6.07) is 16.2. The van der Waals surface area contributed by atoms with Gasteiger partial charge in [-0.15, -0.1) is 0 Å². The van der Waals surface area contributed by atoms with E-state index in [1.165, 1.54) is 17.5 Å². The summed E-state index contributed by atoms with van der Waals surface area (Å²) < 4.78 is 0. The van der Waals surface area contributed by atoms with Crippen molar-refractivity contribution in [2.75, 3.05) is 20.6 Å². The Morgan fingerprint density at radius 3 is 2.48 bits per heavy atom. The molecular weight excluding hydrogens is 336 g/mol. The van der Waals surface area contributed by atoms with Crippen LogP contribution in [0, 0.1) is 0 Å². The fraction of sp³-hybridized carbons (Fsp3) is 0.391. The number of rotatable bonds is 8. The lowest BCUT2D eigenvalue weighted by Crippen LogP contribution is -2.34. The van der Waals surface area contributed by atoms with E-state index < -0.39 is 0 Å². The van der Waals surface area contributed by atoms with Crippen LogP contribution in [0.1, 0.15) is 52.4 Å². The van der Waals surface area contributed by atoms with Gasteiger partial charge < -0.3 is 10.2 Å². The minimum atomic E-state index is -0.0766. The molecule has 4 nitrogen and oxygen atoms in total. The first-order chi connectivity index (χ1) is 13.0. The largest absolute Gasteiger partial charge is 0.354 e. The number of hydrogen-bond acceptors (Lipinski definition) is 3. The summed E-state index contributed by atoms with van der Waals surface area (Å²) in [7, 11) is 4.00. The molecule has 0 bridgehead atoms. The molecule has 0 saturated carbocycles. The number of nitrogens with zero attached hydrogens (tertiary/aromatic N) is 1. The fourth-order valence-electron chi connectivity index (χ4n) is 3.69. The van der Waals surface area contributed by atoms with Crippen LogP contribution in [0.2, 0.25) is 0 Å². The van der Waals surface area contributed by atoms with E-state index in [4.69, 9.17) is 0 Å². The predicted octanol–water partition coefficient (Wildman–Crippen LogP) is 3.56. The van der Waals surface area contributed by atoms with Gasteiger partial charge in [0, 0.05) is 24.9 Å². The van der Waals surface area contributed by atoms with E-state index >= 15 is 0 Å². The Kier molecular flexibility index (Phi) is 6.40. The Hall–Kier alpha value is -2.46. The molecule has 0 spiro atoms. The second-order valence-corrected chi connectivity index (χ2v) is 7.45. The molecule has 1 N–H and O–H groups in total. The van der Waals surface area contributed by atoms with Crippen LogP contribution in [-0.4, -0.2) is 37.2 Å². The molecule has 0 heterocycles. The molecule has 2 aromatic carbocycles. The van der Waals surface area contributed by atoms with Crippen LogP contribution >= 0.6 is 0 Å². The van der Waals surface area contributed by atoms with Gasteiger partial charge in [0.15, 0.2) is 5.78 Å². The third-order valence-corrected chi connectivity index (χ3v) is 5.30. The van der Waals surface area contributed by atoms with Crippen LogP contribution in [0.3, 0.4) is 0 Å². The second-order valence-electron chi connectivity index (χ2n) is 7.45. The minimum absolute atomic E-state index is 0.0482. The Labute approximate surface area is 161 Å². The molecular formula is C23H28N2O2. The van der Waals surface area contributed by atoms with Gasteiger partial charge in [-0.1, -0.05) is 42.5 Å². The smallest absolute Gasteiger partial charge is 0.220 e. The van der Waals surface area contributed by atoms with Gasteiger partial charge in [-0.25, -0.2) is 0 Å². The molecule has 1 aliphatic rings. The molecule has 4 heteroatoms. The van der Waals surface area contributed by atoms with E-state index in [-0.39, 0.29) is 30.6 Å². The quantitative estimate of drug-likeness (QED) is 0.729. The van der Waals surface area contributed by atoms with Crippen molar-refractivity contribution in [1.29, 1.82) is 0 Å². The van der Waals surface area contributed by atoms with E-state index in [0.717, 1.165) is 24.0 Å². The summed E-state index contributed by atoms with van der Waals surface area (Å²) in [5.74, 6) is -0.0284. The predicted molar refractivity (Wildman–Crippen MR) is 108 cm³/mol. The summed E-state index contributed by atoms with van der Waals surface area (Å²) in [6.45, 7) is 0.531. The van der Waals surface area contributed by atoms with Crippen LogP contribution in [0.5, 0.6) is 0 Å². The summed E-state index contributed by atoms with van der Waals surface area (Å²) in [5, 5.41) is 2.98. The molecule has 27 heavy (non-hydrogen) atoms. The van der Waals surface area contributed by atoms with Crippen molar-refractivity contribution in [2.24, 2.45) is 0 Å². The highest BCUT2D eigenvalue weighted by atomic mass is 16.2.